The molecule has 0 saturated heterocycles. The Labute approximate surface area is 286 Å². The van der Waals surface area contributed by atoms with Crippen LogP contribution >= 0.6 is 0 Å². The highest BCUT2D eigenvalue weighted by Crippen LogP contribution is 2.48. The van der Waals surface area contributed by atoms with Crippen molar-refractivity contribution in [2.45, 2.75) is 109 Å². The molecule has 48 heavy (non-hydrogen) atoms. The summed E-state index contributed by atoms with van der Waals surface area (Å²) >= 11 is 0. The Bertz CT molecular complexity index is 1780. The first-order valence-corrected chi connectivity index (χ1v) is 18.2. The van der Waals surface area contributed by atoms with E-state index >= 15 is 0 Å². The van der Waals surface area contributed by atoms with Crippen LogP contribution in [-0.2, 0) is 30.5 Å². The molecule has 0 aromatic heterocycles. The van der Waals surface area contributed by atoms with Crippen molar-refractivity contribution in [2.75, 3.05) is 24.5 Å². The van der Waals surface area contributed by atoms with Crippen molar-refractivity contribution in [3.63, 3.8) is 0 Å². The maximum absolute atomic E-state index is 12.4. The minimum absolute atomic E-state index is 0.0530. The Kier molecular flexibility index (Phi) is 10.8. The van der Waals surface area contributed by atoms with E-state index in [0.717, 1.165) is 36.3 Å². The number of alkyl carbamates (subject to hydrolysis) is 1. The van der Waals surface area contributed by atoms with Crippen molar-refractivity contribution >= 4 is 39.1 Å². The lowest BCUT2D eigenvalue weighted by Crippen LogP contribution is -2.35. The number of nitrogens with zero attached hydrogens (tertiary/aromatic N) is 2. The first-order valence-electron chi connectivity index (χ1n) is 16.8. The van der Waals surface area contributed by atoms with Crippen LogP contribution < -0.4 is 10.2 Å². The van der Waals surface area contributed by atoms with Gasteiger partial charge in [0, 0.05) is 53.9 Å². The summed E-state index contributed by atoms with van der Waals surface area (Å²) in [5.41, 5.74) is 6.39. The lowest BCUT2D eigenvalue weighted by molar-refractivity contribution is -0.438. The van der Waals surface area contributed by atoms with Crippen molar-refractivity contribution < 1.29 is 31.9 Å². The number of unbranched alkanes of at least 4 members (excludes halogenated alkanes) is 2. The molecule has 10 heteroatoms. The number of aryl methyl sites for hydroxylation is 1. The minimum atomic E-state index is -4.37. The summed E-state index contributed by atoms with van der Waals surface area (Å²) in [5.74, 6) is -0.0530. The lowest BCUT2D eigenvalue weighted by Gasteiger charge is -2.25. The number of hydrogen-bond acceptors (Lipinski definition) is 6. The zero-order valence-electron chi connectivity index (χ0n) is 29.9. The van der Waals surface area contributed by atoms with Crippen LogP contribution in [0.2, 0.25) is 0 Å². The van der Waals surface area contributed by atoms with Gasteiger partial charge < -0.3 is 15.0 Å². The van der Waals surface area contributed by atoms with E-state index in [1.807, 2.05) is 0 Å². The topological polar surface area (TPSA) is 116 Å². The van der Waals surface area contributed by atoms with Gasteiger partial charge >= 0.3 is 6.09 Å². The molecule has 1 amide bonds. The van der Waals surface area contributed by atoms with Crippen LogP contribution in [0.3, 0.4) is 0 Å². The van der Waals surface area contributed by atoms with Crippen LogP contribution in [0.25, 0.3) is 0 Å². The van der Waals surface area contributed by atoms with Gasteiger partial charge in [0.25, 0.3) is 10.1 Å². The highest BCUT2D eigenvalue weighted by atomic mass is 32.2. The number of carbonyl (C=O) groups is 2. The molecule has 0 unspecified atom stereocenters. The fourth-order valence-electron chi connectivity index (χ4n) is 6.76. The van der Waals surface area contributed by atoms with E-state index in [-0.39, 0.29) is 22.6 Å². The quantitative estimate of drug-likeness (QED) is 0.135. The van der Waals surface area contributed by atoms with Gasteiger partial charge in [-0.15, -0.1) is 0 Å². The van der Waals surface area contributed by atoms with Crippen LogP contribution in [0, 0.1) is 6.92 Å². The Balaban J connectivity index is 1.55. The molecule has 260 valence electrons. The molecule has 2 N–H and O–H groups in total. The third-order valence-corrected chi connectivity index (χ3v) is 10.0. The number of allylic oxidation sites excluding steroid dienone is 4. The lowest BCUT2D eigenvalue weighted by atomic mass is 9.81. The van der Waals surface area contributed by atoms with Crippen molar-refractivity contribution in [2.24, 2.45) is 0 Å². The van der Waals surface area contributed by atoms with Gasteiger partial charge in [-0.2, -0.15) is 13.0 Å². The van der Waals surface area contributed by atoms with Crippen LogP contribution in [0.4, 0.5) is 16.2 Å². The van der Waals surface area contributed by atoms with Crippen molar-refractivity contribution in [3.8, 4) is 0 Å². The maximum atomic E-state index is 12.4. The number of anilines is 1. The van der Waals surface area contributed by atoms with Gasteiger partial charge in [-0.25, -0.2) is 4.79 Å². The van der Waals surface area contributed by atoms with Gasteiger partial charge in [0.15, 0.2) is 11.5 Å². The predicted molar refractivity (Wildman–Crippen MR) is 191 cm³/mol. The molecule has 2 aliphatic heterocycles. The first kappa shape index (κ1) is 37.1. The molecule has 2 heterocycles. The smallest absolute Gasteiger partial charge is 0.408 e. The second-order valence-corrected chi connectivity index (χ2v) is 16.2. The zero-order chi connectivity index (χ0) is 35.7. The number of carbonyl (C=O) groups excluding carboxylic acids is 2. The van der Waals surface area contributed by atoms with E-state index in [1.54, 1.807) is 32.9 Å². The monoisotopic (exact) mass is 678 g/mol. The highest BCUT2D eigenvalue weighted by molar-refractivity contribution is 7.85. The number of fused-ring (bicyclic) bond motifs is 2. The van der Waals surface area contributed by atoms with Crippen molar-refractivity contribution in [1.82, 2.24) is 5.32 Å². The summed E-state index contributed by atoms with van der Waals surface area (Å²) in [7, 11) is -4.37. The second kappa shape index (κ2) is 14.0. The van der Waals surface area contributed by atoms with Gasteiger partial charge in [0.1, 0.15) is 12.1 Å². The van der Waals surface area contributed by atoms with Crippen LogP contribution in [0.15, 0.2) is 65.2 Å². The van der Waals surface area contributed by atoms with E-state index in [0.29, 0.717) is 19.4 Å². The number of likely N-dealkylation sites (N-methyl/N-ethyl adjacent to an activating group) is 1. The Morgan fingerprint density at radius 2 is 1.71 bits per heavy atom. The first-order chi connectivity index (χ1) is 22.3. The van der Waals surface area contributed by atoms with E-state index < -0.39 is 27.2 Å². The van der Waals surface area contributed by atoms with E-state index in [4.69, 9.17) is 4.74 Å². The molecular formula is C38H52N3O6S+. The van der Waals surface area contributed by atoms with Gasteiger partial charge in [-0.3, -0.25) is 9.35 Å². The molecule has 0 atom stereocenters. The predicted octanol–water partition coefficient (Wildman–Crippen LogP) is 7.53. The van der Waals surface area contributed by atoms with Gasteiger partial charge in [0.2, 0.25) is 5.69 Å². The third-order valence-electron chi connectivity index (χ3n) is 9.20. The van der Waals surface area contributed by atoms with E-state index in [1.165, 1.54) is 28.6 Å². The summed E-state index contributed by atoms with van der Waals surface area (Å²) in [5, 5.41) is 2.53. The SMILES string of the molecule is CCN1C(=CC=CC2=[N+](CCCCCC(=O)CNC(=O)OC(C)(C)C)c3ccc(S(=O)(=O)O)cc3C2(C)C)C(C)(C)c2cc(C)ccc21. The fraction of sp³-hybridized carbons (Fsp3) is 0.500. The standard InChI is InChI=1S/C38H51N3O6S/c1-10-40-31-20-18-26(2)23-29(31)37(6,7)33(40)16-14-17-34-38(8,9)30-24-28(48(44,45)46)19-21-32(30)41(34)22-13-11-12-15-27(42)25-39-35(43)47-36(3,4)5/h14,16-21,23-24H,10-13,15,22,25H2,1-9H3,(H-,39,43,44,45,46)/p+1. The minimum Gasteiger partial charge on any atom is -0.444 e. The average molecular weight is 679 g/mol. The average Bonchev–Trinajstić information content (AvgIpc) is 3.32. The Morgan fingerprint density at radius 1 is 1.00 bits per heavy atom. The molecule has 0 spiro atoms. The molecule has 2 aromatic carbocycles. The van der Waals surface area contributed by atoms with E-state index in [2.05, 4.69) is 92.8 Å². The van der Waals surface area contributed by atoms with Crippen LogP contribution in [0.5, 0.6) is 0 Å². The molecule has 0 saturated carbocycles. The zero-order valence-corrected chi connectivity index (χ0v) is 30.8. The maximum Gasteiger partial charge on any atom is 0.408 e. The number of amides is 1. The summed E-state index contributed by atoms with van der Waals surface area (Å²) < 4.78 is 41.3. The van der Waals surface area contributed by atoms with E-state index in [9.17, 15) is 22.6 Å². The van der Waals surface area contributed by atoms with Crippen LogP contribution in [-0.4, -0.2) is 60.4 Å². The molecule has 2 aromatic rings. The Hall–Kier alpha value is -3.76. The van der Waals surface area contributed by atoms with Crippen molar-refractivity contribution in [1.29, 1.82) is 0 Å². The normalized spacial score (nSPS) is 17.6. The fourth-order valence-corrected chi connectivity index (χ4v) is 7.27. The Morgan fingerprint density at radius 3 is 2.35 bits per heavy atom. The van der Waals surface area contributed by atoms with Gasteiger partial charge in [-0.05, 0) is 91.1 Å². The largest absolute Gasteiger partial charge is 0.444 e. The number of ketones is 1. The molecule has 0 fully saturated rings. The van der Waals surface area contributed by atoms with Gasteiger partial charge in [0.05, 0.1) is 16.9 Å². The molecule has 4 rings (SSSR count). The number of hydrogen-bond donors (Lipinski definition) is 2. The number of nitrogens with one attached hydrogen (secondary N) is 1. The number of rotatable bonds is 12. The molecule has 0 radical (unpaired) electrons. The molecule has 0 bridgehead atoms. The third kappa shape index (κ3) is 8.09. The number of ether oxygens (including phenoxy) is 1. The summed E-state index contributed by atoms with van der Waals surface area (Å²) in [4.78, 5) is 26.5. The van der Waals surface area contributed by atoms with Gasteiger partial charge in [-0.1, -0.05) is 37.6 Å². The highest BCUT2D eigenvalue weighted by Gasteiger charge is 2.45. The number of benzene rings is 2. The molecule has 0 aliphatic carbocycles. The van der Waals surface area contributed by atoms with Crippen LogP contribution in [0.1, 0.15) is 97.8 Å². The molecule has 9 nitrogen and oxygen atoms in total. The second-order valence-electron chi connectivity index (χ2n) is 14.8. The number of Topliss-reactive ketones (excluding diaryl/α,β-unsaturated/α-hetero) is 1. The summed E-state index contributed by atoms with van der Waals surface area (Å²) in [6.45, 7) is 19.7. The molecular weight excluding hydrogens is 626 g/mol. The summed E-state index contributed by atoms with van der Waals surface area (Å²) in [6, 6.07) is 11.4. The summed E-state index contributed by atoms with van der Waals surface area (Å²) in [6.07, 6.45) is 8.42. The van der Waals surface area contributed by atoms with Crippen molar-refractivity contribution in [3.05, 3.63) is 77.0 Å². The molecule has 2 aliphatic rings.